The second-order valence-corrected chi connectivity index (χ2v) is 4.71. The molecular formula is C16H14F3NO3. The highest BCUT2D eigenvalue weighted by Crippen LogP contribution is 2.30. The van der Waals surface area contributed by atoms with Crippen molar-refractivity contribution in [3.05, 3.63) is 59.2 Å². The van der Waals surface area contributed by atoms with Crippen LogP contribution in [0.25, 0.3) is 0 Å². The largest absolute Gasteiger partial charge is 0.493 e. The SMILES string of the molecule is COc1cc(C(N)=O)ccc1OCc1ccc(C(F)(F)F)cc1. The van der Waals surface area contributed by atoms with Gasteiger partial charge in [-0.05, 0) is 35.9 Å². The number of hydrogen-bond donors (Lipinski definition) is 1. The average molecular weight is 325 g/mol. The zero-order valence-corrected chi connectivity index (χ0v) is 12.2. The Morgan fingerprint density at radius 2 is 1.74 bits per heavy atom. The summed E-state index contributed by atoms with van der Waals surface area (Å²) in [6.07, 6.45) is -4.37. The summed E-state index contributed by atoms with van der Waals surface area (Å²) in [5.74, 6) is 0.0724. The van der Waals surface area contributed by atoms with E-state index in [-0.39, 0.29) is 12.2 Å². The van der Waals surface area contributed by atoms with Crippen molar-refractivity contribution in [2.45, 2.75) is 12.8 Å². The summed E-state index contributed by atoms with van der Waals surface area (Å²) in [4.78, 5) is 11.1. The monoisotopic (exact) mass is 325 g/mol. The van der Waals surface area contributed by atoms with E-state index in [2.05, 4.69) is 0 Å². The van der Waals surface area contributed by atoms with Gasteiger partial charge in [0.25, 0.3) is 0 Å². The van der Waals surface area contributed by atoms with E-state index in [0.717, 1.165) is 12.1 Å². The van der Waals surface area contributed by atoms with Crippen molar-refractivity contribution in [2.75, 3.05) is 7.11 Å². The number of ether oxygens (including phenoxy) is 2. The van der Waals surface area contributed by atoms with E-state index >= 15 is 0 Å². The first-order valence-electron chi connectivity index (χ1n) is 6.58. The summed E-state index contributed by atoms with van der Waals surface area (Å²) < 4.78 is 48.1. The Kier molecular flexibility index (Phi) is 4.78. The molecule has 0 atom stereocenters. The average Bonchev–Trinajstić information content (AvgIpc) is 2.52. The lowest BCUT2D eigenvalue weighted by Gasteiger charge is -2.12. The number of methoxy groups -OCH3 is 1. The molecule has 2 aromatic carbocycles. The maximum Gasteiger partial charge on any atom is 0.416 e. The summed E-state index contributed by atoms with van der Waals surface area (Å²) in [5, 5.41) is 0. The molecule has 0 unspecified atom stereocenters. The van der Waals surface area contributed by atoms with Crippen LogP contribution in [-0.4, -0.2) is 13.0 Å². The maximum absolute atomic E-state index is 12.5. The number of hydrogen-bond acceptors (Lipinski definition) is 3. The summed E-state index contributed by atoms with van der Waals surface area (Å²) in [6, 6.07) is 9.10. The van der Waals surface area contributed by atoms with Crippen LogP contribution >= 0.6 is 0 Å². The van der Waals surface area contributed by atoms with Crippen LogP contribution in [0.5, 0.6) is 11.5 Å². The summed E-state index contributed by atoms with van der Waals surface area (Å²) in [7, 11) is 1.41. The van der Waals surface area contributed by atoms with E-state index in [1.165, 1.54) is 37.4 Å². The fourth-order valence-corrected chi connectivity index (χ4v) is 1.89. The molecule has 0 radical (unpaired) electrons. The Morgan fingerprint density at radius 3 is 2.26 bits per heavy atom. The van der Waals surface area contributed by atoms with Crippen LogP contribution in [-0.2, 0) is 12.8 Å². The summed E-state index contributed by atoms with van der Waals surface area (Å²) >= 11 is 0. The Labute approximate surface area is 130 Å². The zero-order chi connectivity index (χ0) is 17.0. The Morgan fingerprint density at radius 1 is 1.09 bits per heavy atom. The number of primary amides is 1. The minimum atomic E-state index is -4.37. The van der Waals surface area contributed by atoms with Crippen LogP contribution in [0, 0.1) is 0 Å². The van der Waals surface area contributed by atoms with E-state index in [1.54, 1.807) is 0 Å². The summed E-state index contributed by atoms with van der Waals surface area (Å²) in [6.45, 7) is 0.0599. The van der Waals surface area contributed by atoms with Crippen molar-refractivity contribution < 1.29 is 27.4 Å². The molecule has 0 heterocycles. The highest BCUT2D eigenvalue weighted by atomic mass is 19.4. The fraction of sp³-hybridized carbons (Fsp3) is 0.188. The van der Waals surface area contributed by atoms with Gasteiger partial charge in [-0.25, -0.2) is 0 Å². The molecule has 0 saturated heterocycles. The molecule has 7 heteroatoms. The van der Waals surface area contributed by atoms with Crippen LogP contribution in [0.4, 0.5) is 13.2 Å². The molecular weight excluding hydrogens is 311 g/mol. The lowest BCUT2D eigenvalue weighted by molar-refractivity contribution is -0.137. The number of carbonyl (C=O) groups excluding carboxylic acids is 1. The van der Waals surface area contributed by atoms with Crippen molar-refractivity contribution >= 4 is 5.91 Å². The molecule has 2 rings (SSSR count). The van der Waals surface area contributed by atoms with Crippen LogP contribution in [0.15, 0.2) is 42.5 Å². The third kappa shape index (κ3) is 4.15. The van der Waals surface area contributed by atoms with Gasteiger partial charge in [-0.2, -0.15) is 13.2 Å². The number of carbonyl (C=O) groups is 1. The van der Waals surface area contributed by atoms with E-state index in [9.17, 15) is 18.0 Å². The molecule has 0 aliphatic rings. The second kappa shape index (κ2) is 6.60. The number of rotatable bonds is 5. The smallest absolute Gasteiger partial charge is 0.416 e. The molecule has 1 amide bonds. The van der Waals surface area contributed by atoms with Gasteiger partial charge in [-0.3, -0.25) is 4.79 Å². The zero-order valence-electron chi connectivity index (χ0n) is 12.2. The molecule has 0 fully saturated rings. The van der Waals surface area contributed by atoms with Crippen molar-refractivity contribution in [2.24, 2.45) is 5.73 Å². The van der Waals surface area contributed by atoms with Crippen LogP contribution < -0.4 is 15.2 Å². The second-order valence-electron chi connectivity index (χ2n) is 4.71. The standard InChI is InChI=1S/C16H14F3NO3/c1-22-14-8-11(15(20)21)4-7-13(14)23-9-10-2-5-12(6-3-10)16(17,18)19/h2-8H,9H2,1H3,(H2,20,21). The Balaban J connectivity index is 2.10. The molecule has 0 bridgehead atoms. The molecule has 23 heavy (non-hydrogen) atoms. The highest BCUT2D eigenvalue weighted by molar-refractivity contribution is 5.93. The lowest BCUT2D eigenvalue weighted by Crippen LogP contribution is -2.11. The van der Waals surface area contributed by atoms with Crippen molar-refractivity contribution in [3.63, 3.8) is 0 Å². The number of benzene rings is 2. The first-order chi connectivity index (χ1) is 10.8. The Bertz CT molecular complexity index is 697. The number of halogens is 3. The molecule has 2 N–H and O–H groups in total. The van der Waals surface area contributed by atoms with E-state index in [4.69, 9.17) is 15.2 Å². The van der Waals surface area contributed by atoms with Gasteiger partial charge < -0.3 is 15.2 Å². The molecule has 4 nitrogen and oxygen atoms in total. The van der Waals surface area contributed by atoms with Gasteiger partial charge in [0, 0.05) is 5.56 Å². The third-order valence-electron chi connectivity index (χ3n) is 3.12. The van der Waals surface area contributed by atoms with Crippen LogP contribution in [0.1, 0.15) is 21.5 Å². The minimum absolute atomic E-state index is 0.0599. The van der Waals surface area contributed by atoms with E-state index in [1.807, 2.05) is 0 Å². The Hall–Kier alpha value is -2.70. The van der Waals surface area contributed by atoms with Gasteiger partial charge in [0.15, 0.2) is 11.5 Å². The van der Waals surface area contributed by atoms with Crippen molar-refractivity contribution in [1.82, 2.24) is 0 Å². The molecule has 0 spiro atoms. The molecule has 0 aromatic heterocycles. The quantitative estimate of drug-likeness (QED) is 0.916. The number of nitrogens with two attached hydrogens (primary N) is 1. The minimum Gasteiger partial charge on any atom is -0.493 e. The first kappa shape index (κ1) is 16.7. The molecule has 0 saturated carbocycles. The van der Waals surface area contributed by atoms with Gasteiger partial charge in [0.1, 0.15) is 6.61 Å². The van der Waals surface area contributed by atoms with E-state index in [0.29, 0.717) is 17.1 Å². The highest BCUT2D eigenvalue weighted by Gasteiger charge is 2.29. The number of amides is 1. The predicted octanol–water partition coefficient (Wildman–Crippen LogP) is 3.39. The molecule has 2 aromatic rings. The van der Waals surface area contributed by atoms with Gasteiger partial charge in [0.05, 0.1) is 12.7 Å². The lowest BCUT2D eigenvalue weighted by atomic mass is 10.1. The summed E-state index contributed by atoms with van der Waals surface area (Å²) in [5.41, 5.74) is 5.29. The fourth-order valence-electron chi connectivity index (χ4n) is 1.89. The maximum atomic E-state index is 12.5. The van der Waals surface area contributed by atoms with Gasteiger partial charge in [-0.15, -0.1) is 0 Å². The molecule has 0 aliphatic carbocycles. The third-order valence-corrected chi connectivity index (χ3v) is 3.12. The van der Waals surface area contributed by atoms with E-state index < -0.39 is 17.6 Å². The van der Waals surface area contributed by atoms with Crippen LogP contribution in [0.3, 0.4) is 0 Å². The predicted molar refractivity (Wildman–Crippen MR) is 77.3 cm³/mol. The van der Waals surface area contributed by atoms with Crippen molar-refractivity contribution in [1.29, 1.82) is 0 Å². The first-order valence-corrected chi connectivity index (χ1v) is 6.58. The van der Waals surface area contributed by atoms with Gasteiger partial charge >= 0.3 is 6.18 Å². The molecule has 0 aliphatic heterocycles. The van der Waals surface area contributed by atoms with Crippen LogP contribution in [0.2, 0.25) is 0 Å². The van der Waals surface area contributed by atoms with Gasteiger partial charge in [0.2, 0.25) is 5.91 Å². The van der Waals surface area contributed by atoms with Gasteiger partial charge in [-0.1, -0.05) is 12.1 Å². The van der Waals surface area contributed by atoms with Crippen molar-refractivity contribution in [3.8, 4) is 11.5 Å². The topological polar surface area (TPSA) is 61.5 Å². The normalized spacial score (nSPS) is 11.1. The number of alkyl halides is 3. The molecule has 122 valence electrons.